The zero-order valence-corrected chi connectivity index (χ0v) is 16.3. The first-order valence-electron chi connectivity index (χ1n) is 8.64. The molecule has 0 spiro atoms. The van der Waals surface area contributed by atoms with Gasteiger partial charge in [-0.3, -0.25) is 4.72 Å². The number of hydrogen-bond acceptors (Lipinski definition) is 5. The highest BCUT2D eigenvalue weighted by Crippen LogP contribution is 2.26. The van der Waals surface area contributed by atoms with Gasteiger partial charge in [0.1, 0.15) is 17.2 Å². The van der Waals surface area contributed by atoms with Crippen LogP contribution in [-0.4, -0.2) is 26.1 Å². The lowest BCUT2D eigenvalue weighted by Gasteiger charge is -2.12. The highest BCUT2D eigenvalue weighted by atomic mass is 32.2. The van der Waals surface area contributed by atoms with Gasteiger partial charge in [0.15, 0.2) is 6.61 Å². The van der Waals surface area contributed by atoms with Gasteiger partial charge in [-0.2, -0.15) is 0 Å². The number of carboxylic acids is 1. The van der Waals surface area contributed by atoms with E-state index in [4.69, 9.17) is 14.6 Å². The van der Waals surface area contributed by atoms with Crippen molar-refractivity contribution in [3.05, 3.63) is 78.4 Å². The van der Waals surface area contributed by atoms with Gasteiger partial charge in [-0.1, -0.05) is 18.2 Å². The number of carbonyl (C=O) groups is 1. The lowest BCUT2D eigenvalue weighted by molar-refractivity contribution is -0.139. The summed E-state index contributed by atoms with van der Waals surface area (Å²) in [4.78, 5) is 10.6. The number of benzene rings is 3. The number of rotatable bonds is 8. The number of ether oxygens (including phenoxy) is 2. The molecule has 0 bridgehead atoms. The van der Waals surface area contributed by atoms with Crippen LogP contribution in [0.15, 0.2) is 77.7 Å². The summed E-state index contributed by atoms with van der Waals surface area (Å²) < 4.78 is 38.6. The maximum absolute atomic E-state index is 12.6. The minimum Gasteiger partial charge on any atom is -0.482 e. The van der Waals surface area contributed by atoms with E-state index in [-0.39, 0.29) is 4.90 Å². The molecule has 150 valence electrons. The maximum Gasteiger partial charge on any atom is 0.341 e. The van der Waals surface area contributed by atoms with Crippen molar-refractivity contribution in [1.29, 1.82) is 0 Å². The Bertz CT molecular complexity index is 1100. The number of para-hydroxylation sites is 1. The van der Waals surface area contributed by atoms with Crippen LogP contribution in [0.2, 0.25) is 0 Å². The summed E-state index contributed by atoms with van der Waals surface area (Å²) in [5.74, 6) is 0.465. The van der Waals surface area contributed by atoms with E-state index in [1.54, 1.807) is 31.2 Å². The first kappa shape index (κ1) is 20.2. The predicted octanol–water partition coefficient (Wildman–Crippen LogP) is 4.05. The number of aryl methyl sites for hydroxylation is 1. The topological polar surface area (TPSA) is 102 Å². The van der Waals surface area contributed by atoms with Crippen LogP contribution in [0, 0.1) is 6.92 Å². The molecular weight excluding hydrogens is 394 g/mol. The molecule has 3 aromatic carbocycles. The first-order chi connectivity index (χ1) is 13.8. The standard InChI is InChI=1S/C21H19NO6S/c1-15-13-19(11-12-20(15)27-14-21(23)24)29(25,26)22-16-7-9-18(10-8-16)28-17-5-3-2-4-6-17/h2-13,22H,14H2,1H3,(H,23,24). The summed E-state index contributed by atoms with van der Waals surface area (Å²) in [5, 5.41) is 8.68. The van der Waals surface area contributed by atoms with Gasteiger partial charge in [0.2, 0.25) is 0 Å². The van der Waals surface area contributed by atoms with Gasteiger partial charge in [-0.15, -0.1) is 0 Å². The lowest BCUT2D eigenvalue weighted by atomic mass is 10.2. The molecule has 0 aliphatic heterocycles. The van der Waals surface area contributed by atoms with Crippen LogP contribution < -0.4 is 14.2 Å². The number of hydrogen-bond donors (Lipinski definition) is 2. The molecule has 0 unspecified atom stereocenters. The van der Waals surface area contributed by atoms with Crippen molar-refractivity contribution in [1.82, 2.24) is 0 Å². The second-order valence-electron chi connectivity index (χ2n) is 6.15. The molecule has 0 saturated carbocycles. The van der Waals surface area contributed by atoms with Crippen molar-refractivity contribution >= 4 is 21.7 Å². The van der Waals surface area contributed by atoms with Crippen LogP contribution in [0.25, 0.3) is 0 Å². The summed E-state index contributed by atoms with van der Waals surface area (Å²) in [6.45, 7) is 1.15. The van der Waals surface area contributed by atoms with E-state index in [0.29, 0.717) is 28.5 Å². The zero-order chi connectivity index (χ0) is 20.9. The van der Waals surface area contributed by atoms with E-state index in [1.807, 2.05) is 30.3 Å². The number of carboxylic acid groups (broad SMARTS) is 1. The van der Waals surface area contributed by atoms with Gasteiger partial charge in [-0.25, -0.2) is 13.2 Å². The number of sulfonamides is 1. The Kier molecular flexibility index (Phi) is 6.04. The SMILES string of the molecule is Cc1cc(S(=O)(=O)Nc2ccc(Oc3ccccc3)cc2)ccc1OCC(=O)O. The molecule has 0 aromatic heterocycles. The Hall–Kier alpha value is -3.52. The molecule has 0 heterocycles. The van der Waals surface area contributed by atoms with Crippen LogP contribution >= 0.6 is 0 Å². The lowest BCUT2D eigenvalue weighted by Crippen LogP contribution is -2.14. The molecule has 0 fully saturated rings. The highest BCUT2D eigenvalue weighted by Gasteiger charge is 2.16. The normalized spacial score (nSPS) is 10.9. The van der Waals surface area contributed by atoms with E-state index < -0.39 is 22.6 Å². The van der Waals surface area contributed by atoms with Gasteiger partial charge in [0.25, 0.3) is 10.0 Å². The molecule has 7 nitrogen and oxygen atoms in total. The van der Waals surface area contributed by atoms with Gasteiger partial charge in [-0.05, 0) is 67.1 Å². The Morgan fingerprint density at radius 1 is 0.966 bits per heavy atom. The van der Waals surface area contributed by atoms with E-state index in [9.17, 15) is 13.2 Å². The molecule has 29 heavy (non-hydrogen) atoms. The van der Waals surface area contributed by atoms with Gasteiger partial charge in [0, 0.05) is 5.69 Å². The first-order valence-corrected chi connectivity index (χ1v) is 10.1. The second kappa shape index (κ2) is 8.66. The van der Waals surface area contributed by atoms with Crippen molar-refractivity contribution in [2.75, 3.05) is 11.3 Å². The monoisotopic (exact) mass is 413 g/mol. The van der Waals surface area contributed by atoms with Gasteiger partial charge < -0.3 is 14.6 Å². The van der Waals surface area contributed by atoms with Crippen molar-refractivity contribution in [3.63, 3.8) is 0 Å². The van der Waals surface area contributed by atoms with Crippen molar-refractivity contribution < 1.29 is 27.8 Å². The minimum absolute atomic E-state index is 0.0438. The summed E-state index contributed by atoms with van der Waals surface area (Å²) >= 11 is 0. The minimum atomic E-state index is -3.82. The molecule has 0 radical (unpaired) electrons. The van der Waals surface area contributed by atoms with Crippen molar-refractivity contribution in [2.45, 2.75) is 11.8 Å². The largest absolute Gasteiger partial charge is 0.482 e. The average Bonchev–Trinajstić information content (AvgIpc) is 2.69. The molecule has 0 saturated heterocycles. The highest BCUT2D eigenvalue weighted by molar-refractivity contribution is 7.92. The van der Waals surface area contributed by atoms with E-state index in [0.717, 1.165) is 0 Å². The fourth-order valence-corrected chi connectivity index (χ4v) is 3.66. The van der Waals surface area contributed by atoms with E-state index in [1.165, 1.54) is 18.2 Å². The third-order valence-corrected chi connectivity index (χ3v) is 5.27. The molecule has 0 aliphatic rings. The Balaban J connectivity index is 1.70. The van der Waals surface area contributed by atoms with E-state index >= 15 is 0 Å². The third-order valence-electron chi connectivity index (χ3n) is 3.89. The molecule has 2 N–H and O–H groups in total. The van der Waals surface area contributed by atoms with Crippen LogP contribution in [0.4, 0.5) is 5.69 Å². The number of nitrogens with one attached hydrogen (secondary N) is 1. The van der Waals surface area contributed by atoms with Crippen LogP contribution in [0.3, 0.4) is 0 Å². The Morgan fingerprint density at radius 2 is 1.62 bits per heavy atom. The third kappa shape index (κ3) is 5.49. The molecular formula is C21H19NO6S. The molecule has 3 rings (SSSR count). The Morgan fingerprint density at radius 3 is 2.24 bits per heavy atom. The number of aliphatic carboxylic acids is 1. The zero-order valence-electron chi connectivity index (χ0n) is 15.5. The Labute approximate surface area is 168 Å². The van der Waals surface area contributed by atoms with Crippen LogP contribution in [0.5, 0.6) is 17.2 Å². The van der Waals surface area contributed by atoms with Crippen molar-refractivity contribution in [2.24, 2.45) is 0 Å². The summed E-state index contributed by atoms with van der Waals surface area (Å²) in [6, 6.07) is 20.0. The quantitative estimate of drug-likeness (QED) is 0.578. The summed E-state index contributed by atoms with van der Waals surface area (Å²) in [6.07, 6.45) is 0. The summed E-state index contributed by atoms with van der Waals surface area (Å²) in [7, 11) is -3.82. The molecule has 3 aromatic rings. The van der Waals surface area contributed by atoms with Crippen molar-refractivity contribution in [3.8, 4) is 17.2 Å². The van der Waals surface area contributed by atoms with Crippen LogP contribution in [-0.2, 0) is 14.8 Å². The average molecular weight is 413 g/mol. The smallest absolute Gasteiger partial charge is 0.341 e. The fraction of sp³-hybridized carbons (Fsp3) is 0.0952. The van der Waals surface area contributed by atoms with E-state index in [2.05, 4.69) is 4.72 Å². The molecule has 8 heteroatoms. The van der Waals surface area contributed by atoms with Gasteiger partial charge >= 0.3 is 5.97 Å². The molecule has 0 aliphatic carbocycles. The molecule has 0 amide bonds. The number of anilines is 1. The van der Waals surface area contributed by atoms with Crippen LogP contribution in [0.1, 0.15) is 5.56 Å². The molecule has 0 atom stereocenters. The fourth-order valence-electron chi connectivity index (χ4n) is 2.52. The maximum atomic E-state index is 12.6. The second-order valence-corrected chi connectivity index (χ2v) is 7.84. The summed E-state index contributed by atoms with van der Waals surface area (Å²) in [5.41, 5.74) is 0.898. The predicted molar refractivity (Wildman–Crippen MR) is 108 cm³/mol. The van der Waals surface area contributed by atoms with Gasteiger partial charge in [0.05, 0.1) is 4.90 Å².